The van der Waals surface area contributed by atoms with E-state index in [2.05, 4.69) is 21.3 Å². The van der Waals surface area contributed by atoms with Gasteiger partial charge in [-0.3, -0.25) is 14.4 Å². The quantitative estimate of drug-likeness (QED) is 0.342. The Bertz CT molecular complexity index is 822. The lowest BCUT2D eigenvalue weighted by molar-refractivity contribution is -0.146. The van der Waals surface area contributed by atoms with Gasteiger partial charge < -0.3 is 31.1 Å². The van der Waals surface area contributed by atoms with Crippen LogP contribution in [-0.4, -0.2) is 59.1 Å². The van der Waals surface area contributed by atoms with Crippen molar-refractivity contribution in [3.8, 4) is 0 Å². The van der Waals surface area contributed by atoms with Crippen molar-refractivity contribution in [3.63, 3.8) is 0 Å². The van der Waals surface area contributed by atoms with Crippen molar-refractivity contribution in [2.75, 3.05) is 13.1 Å². The number of hydrogen-bond donors (Lipinski definition) is 5. The minimum Gasteiger partial charge on any atom is -0.480 e. The molecule has 0 unspecified atom stereocenters. The Morgan fingerprint density at radius 3 is 1.90 bits per heavy atom. The number of aliphatic carboxylic acids is 1. The molecule has 31 heavy (non-hydrogen) atoms. The molecular weight excluding hydrogens is 408 g/mol. The number of benzene rings is 1. The highest BCUT2D eigenvalue weighted by Crippen LogP contribution is 2.04. The molecule has 0 aliphatic carbocycles. The van der Waals surface area contributed by atoms with Crippen LogP contribution in [0.3, 0.4) is 0 Å². The van der Waals surface area contributed by atoms with Gasteiger partial charge in [-0.2, -0.15) is 0 Å². The highest BCUT2D eigenvalue weighted by molar-refractivity contribution is 5.94. The summed E-state index contributed by atoms with van der Waals surface area (Å²) in [5.41, 5.74) is -2.10. The first-order valence-corrected chi connectivity index (χ1v) is 9.42. The Kier molecular flexibility index (Phi) is 8.97. The summed E-state index contributed by atoms with van der Waals surface area (Å²) in [5, 5.41) is 18.3. The van der Waals surface area contributed by atoms with Crippen molar-refractivity contribution in [2.24, 2.45) is 0 Å². The van der Waals surface area contributed by atoms with Gasteiger partial charge >= 0.3 is 12.1 Å². The average Bonchev–Trinajstić information content (AvgIpc) is 2.68. The Labute approximate surface area is 179 Å². The normalized spacial score (nSPS) is 11.1. The van der Waals surface area contributed by atoms with Crippen LogP contribution in [0.5, 0.6) is 0 Å². The number of carboxylic acid groups (broad SMARTS) is 1. The molecule has 1 aromatic rings. The number of rotatable bonds is 10. The fourth-order valence-corrected chi connectivity index (χ4v) is 2.20. The van der Waals surface area contributed by atoms with Crippen LogP contribution in [0.25, 0.3) is 0 Å². The molecule has 0 heterocycles. The number of ether oxygens (including phenoxy) is 1. The van der Waals surface area contributed by atoms with Gasteiger partial charge in [0, 0.05) is 0 Å². The molecule has 0 spiro atoms. The number of alkyl carbamates (subject to hydrolysis) is 1. The molecule has 4 amide bonds. The molecule has 0 saturated carbocycles. The molecule has 5 N–H and O–H groups in total. The fraction of sp³-hybridized carbons (Fsp3) is 0.450. The van der Waals surface area contributed by atoms with Crippen molar-refractivity contribution in [1.82, 2.24) is 21.3 Å². The van der Waals surface area contributed by atoms with Crippen LogP contribution in [-0.2, 0) is 30.5 Å². The molecule has 0 radical (unpaired) electrons. The molecule has 0 bridgehead atoms. The van der Waals surface area contributed by atoms with E-state index in [1.54, 1.807) is 24.3 Å². The first kappa shape index (κ1) is 25.4. The number of carbonyl (C=O) groups excluding carboxylic acids is 4. The minimum absolute atomic E-state index is 0.0446. The predicted molar refractivity (Wildman–Crippen MR) is 110 cm³/mol. The van der Waals surface area contributed by atoms with Gasteiger partial charge in [-0.1, -0.05) is 30.3 Å². The highest BCUT2D eigenvalue weighted by Gasteiger charge is 2.32. The summed E-state index contributed by atoms with van der Waals surface area (Å²) in [5.74, 6) is -3.25. The Balaban J connectivity index is 2.39. The largest absolute Gasteiger partial charge is 0.480 e. The van der Waals surface area contributed by atoms with Gasteiger partial charge in [0.05, 0.1) is 6.54 Å². The van der Waals surface area contributed by atoms with E-state index >= 15 is 0 Å². The number of amides is 4. The maximum atomic E-state index is 12.3. The molecule has 11 nitrogen and oxygen atoms in total. The molecule has 0 fully saturated rings. The lowest BCUT2D eigenvalue weighted by Gasteiger charge is -2.26. The van der Waals surface area contributed by atoms with Gasteiger partial charge in [0.25, 0.3) is 0 Å². The van der Waals surface area contributed by atoms with Gasteiger partial charge in [0.15, 0.2) is 0 Å². The fourth-order valence-electron chi connectivity index (χ4n) is 2.20. The van der Waals surface area contributed by atoms with Crippen molar-refractivity contribution >= 4 is 29.8 Å². The second-order valence-electron chi connectivity index (χ2n) is 7.75. The third kappa shape index (κ3) is 9.15. The van der Waals surface area contributed by atoms with Gasteiger partial charge in [-0.15, -0.1) is 0 Å². The van der Waals surface area contributed by atoms with E-state index in [4.69, 9.17) is 9.84 Å². The summed E-state index contributed by atoms with van der Waals surface area (Å²) in [4.78, 5) is 58.8. The van der Waals surface area contributed by atoms with Crippen LogP contribution < -0.4 is 21.3 Å². The van der Waals surface area contributed by atoms with Crippen LogP contribution >= 0.6 is 0 Å². The zero-order chi connectivity index (χ0) is 23.7. The zero-order valence-electron chi connectivity index (χ0n) is 17.9. The number of carboxylic acids is 1. The Hall–Kier alpha value is -3.63. The number of hydrogen-bond acceptors (Lipinski definition) is 6. The minimum atomic E-state index is -1.49. The van der Waals surface area contributed by atoms with E-state index in [9.17, 15) is 24.0 Å². The van der Waals surface area contributed by atoms with E-state index in [0.717, 1.165) is 5.56 Å². The van der Waals surface area contributed by atoms with Crippen LogP contribution in [0.4, 0.5) is 4.79 Å². The predicted octanol–water partition coefficient (Wildman–Crippen LogP) is -0.0968. The van der Waals surface area contributed by atoms with Crippen molar-refractivity contribution in [3.05, 3.63) is 35.9 Å². The smallest absolute Gasteiger partial charge is 0.407 e. The average molecular weight is 436 g/mol. The van der Waals surface area contributed by atoms with Crippen LogP contribution in [0.1, 0.15) is 33.3 Å². The second kappa shape index (κ2) is 11.0. The third-order valence-electron chi connectivity index (χ3n) is 4.02. The maximum absolute atomic E-state index is 12.3. The van der Waals surface area contributed by atoms with Crippen molar-refractivity contribution < 1.29 is 33.8 Å². The highest BCUT2D eigenvalue weighted by atomic mass is 16.5. The van der Waals surface area contributed by atoms with E-state index in [1.165, 1.54) is 27.7 Å². The van der Waals surface area contributed by atoms with Gasteiger partial charge in [-0.25, -0.2) is 9.59 Å². The molecular formula is C20H28N4O7. The van der Waals surface area contributed by atoms with E-state index in [0.29, 0.717) is 0 Å². The molecule has 0 atom stereocenters. The first-order valence-electron chi connectivity index (χ1n) is 9.42. The summed E-state index contributed by atoms with van der Waals surface area (Å²) in [6.45, 7) is 4.58. The molecule has 170 valence electrons. The molecule has 0 saturated heterocycles. The van der Waals surface area contributed by atoms with E-state index < -0.39 is 54.0 Å². The van der Waals surface area contributed by atoms with E-state index in [1.807, 2.05) is 6.07 Å². The molecule has 0 aromatic heterocycles. The third-order valence-corrected chi connectivity index (χ3v) is 4.02. The first-order chi connectivity index (χ1) is 14.3. The summed E-state index contributed by atoms with van der Waals surface area (Å²) in [6.07, 6.45) is -0.793. The summed E-state index contributed by atoms with van der Waals surface area (Å²) in [6, 6.07) is 8.99. The lowest BCUT2D eigenvalue weighted by atomic mass is 10.0. The lowest BCUT2D eigenvalue weighted by Crippen LogP contribution is -2.58. The second-order valence-corrected chi connectivity index (χ2v) is 7.75. The van der Waals surface area contributed by atoms with Gasteiger partial charge in [0.2, 0.25) is 17.7 Å². The molecule has 0 aliphatic rings. The standard InChI is InChI=1S/C20H28N4O7/c1-19(2,16(27)21-10-14(25)24-20(3,4)17(28)29)23-15(26)11-22-18(30)31-12-13-8-6-5-7-9-13/h5-9H,10-12H2,1-4H3,(H,21,27)(H,22,30)(H,23,26)(H,24,25)(H,28,29). The summed E-state index contributed by atoms with van der Waals surface area (Å²) < 4.78 is 4.98. The monoisotopic (exact) mass is 436 g/mol. The summed E-state index contributed by atoms with van der Waals surface area (Å²) in [7, 11) is 0. The zero-order valence-corrected chi connectivity index (χ0v) is 17.9. The molecule has 1 aromatic carbocycles. The topological polar surface area (TPSA) is 163 Å². The Morgan fingerprint density at radius 1 is 0.839 bits per heavy atom. The molecule has 1 rings (SSSR count). The van der Waals surface area contributed by atoms with Gasteiger partial charge in [-0.05, 0) is 33.3 Å². The summed E-state index contributed by atoms with van der Waals surface area (Å²) >= 11 is 0. The van der Waals surface area contributed by atoms with Crippen LogP contribution in [0.2, 0.25) is 0 Å². The Morgan fingerprint density at radius 2 is 1.35 bits per heavy atom. The van der Waals surface area contributed by atoms with Crippen molar-refractivity contribution in [2.45, 2.75) is 45.4 Å². The molecule has 0 aliphatic heterocycles. The van der Waals surface area contributed by atoms with Gasteiger partial charge in [0.1, 0.15) is 24.2 Å². The maximum Gasteiger partial charge on any atom is 0.407 e. The number of nitrogens with one attached hydrogen (secondary N) is 4. The van der Waals surface area contributed by atoms with Crippen LogP contribution in [0.15, 0.2) is 30.3 Å². The van der Waals surface area contributed by atoms with Crippen LogP contribution in [0, 0.1) is 0 Å². The van der Waals surface area contributed by atoms with E-state index in [-0.39, 0.29) is 6.61 Å². The molecule has 11 heteroatoms. The SMILES string of the molecule is CC(C)(NC(=O)CNC(=O)C(C)(C)NC(=O)CNC(=O)OCc1ccccc1)C(=O)O. The number of carbonyl (C=O) groups is 5. The van der Waals surface area contributed by atoms with Crippen molar-refractivity contribution in [1.29, 1.82) is 0 Å².